The van der Waals surface area contributed by atoms with Crippen LogP contribution in [0.4, 0.5) is 9.59 Å². The van der Waals surface area contributed by atoms with E-state index in [2.05, 4.69) is 51.5 Å². The van der Waals surface area contributed by atoms with Crippen molar-refractivity contribution in [1.82, 2.24) is 15.1 Å². The van der Waals surface area contributed by atoms with Gasteiger partial charge in [-0.1, -0.05) is 45.4 Å². The van der Waals surface area contributed by atoms with Crippen molar-refractivity contribution in [3.05, 3.63) is 0 Å². The molecule has 10 nitrogen and oxygen atoms in total. The third-order valence-electron chi connectivity index (χ3n) is 5.96. The molecule has 2 aliphatic rings. The van der Waals surface area contributed by atoms with Crippen molar-refractivity contribution in [2.45, 2.75) is 116 Å². The first kappa shape index (κ1) is 30.7. The van der Waals surface area contributed by atoms with Crippen LogP contribution in [-0.2, 0) is 18.3 Å². The summed E-state index contributed by atoms with van der Waals surface area (Å²) in [6, 6.07) is -0.473. The average molecular weight is 545 g/mol. The van der Waals surface area contributed by atoms with Crippen LogP contribution in [0.3, 0.4) is 0 Å². The van der Waals surface area contributed by atoms with Gasteiger partial charge in [-0.25, -0.2) is 14.5 Å². The number of ether oxygens (including phenoxy) is 2. The van der Waals surface area contributed by atoms with Gasteiger partial charge >= 0.3 is 12.1 Å². The van der Waals surface area contributed by atoms with E-state index in [1.807, 2.05) is 0 Å². The van der Waals surface area contributed by atoms with Crippen LogP contribution < -0.4 is 5.32 Å². The Kier molecular flexibility index (Phi) is 11.9. The predicted octanol–water partition coefficient (Wildman–Crippen LogP) is 5.28. The van der Waals surface area contributed by atoms with Gasteiger partial charge in [0.25, 0.3) is 0 Å². The lowest BCUT2D eigenvalue weighted by atomic mass is 10.1. The maximum Gasteiger partial charge on any atom is 0.418 e. The summed E-state index contributed by atoms with van der Waals surface area (Å²) in [5.41, 5.74) is 0. The lowest BCUT2D eigenvalue weighted by Crippen LogP contribution is -2.63. The minimum atomic E-state index is -1.87. The molecule has 0 aliphatic carbocycles. The molecule has 12 heteroatoms. The molecular weight excluding hydrogens is 496 g/mol. The van der Waals surface area contributed by atoms with Crippen molar-refractivity contribution in [3.63, 3.8) is 0 Å². The van der Waals surface area contributed by atoms with Gasteiger partial charge in [0.05, 0.1) is 19.3 Å². The van der Waals surface area contributed by atoms with Crippen LogP contribution in [-0.4, -0.2) is 82.8 Å². The molecule has 2 N–H and O–H groups in total. The van der Waals surface area contributed by atoms with Crippen LogP contribution in [0.1, 0.15) is 58.3 Å². The standard InChI is InChI=1S/C24H48N4O6Si2/c1-8-9-10-11-12-13-14-15-31-24(30)28-18-27(23(29)26-22(28)25)21-16-19(34-36(5,6)7)20(33-21)17-32-35(2,3)4/h19-21H,8-18H2,1-7H3,(H2,25,26,29). The van der Waals surface area contributed by atoms with Crippen LogP contribution in [0.5, 0.6) is 0 Å². The number of nitrogens with zero attached hydrogens (tertiary/aromatic N) is 2. The molecule has 0 spiro atoms. The van der Waals surface area contributed by atoms with E-state index >= 15 is 0 Å². The lowest BCUT2D eigenvalue weighted by molar-refractivity contribution is -0.0684. The molecule has 208 valence electrons. The molecule has 2 fully saturated rings. The van der Waals surface area contributed by atoms with Crippen LogP contribution in [0.25, 0.3) is 0 Å². The average Bonchev–Trinajstić information content (AvgIpc) is 3.14. The van der Waals surface area contributed by atoms with Crippen molar-refractivity contribution in [2.75, 3.05) is 19.9 Å². The van der Waals surface area contributed by atoms with Crippen molar-refractivity contribution < 1.29 is 27.9 Å². The minimum Gasteiger partial charge on any atom is -0.449 e. The largest absolute Gasteiger partial charge is 0.449 e. The van der Waals surface area contributed by atoms with Crippen molar-refractivity contribution in [3.8, 4) is 0 Å². The lowest BCUT2D eigenvalue weighted by Gasteiger charge is -2.37. The number of carbonyl (C=O) groups is 2. The molecule has 36 heavy (non-hydrogen) atoms. The van der Waals surface area contributed by atoms with E-state index < -0.39 is 35.0 Å². The maximum atomic E-state index is 12.7. The van der Waals surface area contributed by atoms with Gasteiger partial charge in [-0.05, 0) is 45.7 Å². The molecule has 2 aliphatic heterocycles. The minimum absolute atomic E-state index is 0.105. The summed E-state index contributed by atoms with van der Waals surface area (Å²) < 4.78 is 24.1. The number of guanidine groups is 1. The van der Waals surface area contributed by atoms with Crippen molar-refractivity contribution in [1.29, 1.82) is 5.41 Å². The second-order valence-corrected chi connectivity index (χ2v) is 20.6. The number of hydrogen-bond acceptors (Lipinski definition) is 7. The molecule has 2 rings (SSSR count). The molecule has 3 unspecified atom stereocenters. The number of hydrogen-bond donors (Lipinski definition) is 2. The van der Waals surface area contributed by atoms with E-state index in [4.69, 9.17) is 23.7 Å². The van der Waals surface area contributed by atoms with E-state index in [1.54, 1.807) is 0 Å². The molecule has 0 saturated carbocycles. The van der Waals surface area contributed by atoms with E-state index in [0.717, 1.165) is 24.2 Å². The second kappa shape index (κ2) is 13.9. The van der Waals surface area contributed by atoms with Gasteiger partial charge in [-0.15, -0.1) is 0 Å². The third-order valence-corrected chi connectivity index (χ3v) is 8.00. The quantitative estimate of drug-likeness (QED) is 0.227. The molecule has 0 aromatic heterocycles. The van der Waals surface area contributed by atoms with Gasteiger partial charge in [0, 0.05) is 6.42 Å². The SMILES string of the molecule is CCCCCCCCCOC(=O)N1CN(C2CC(O[Si](C)(C)C)C(CO[Si](C)(C)C)O2)C(=O)NC1=N. The highest BCUT2D eigenvalue weighted by Crippen LogP contribution is 2.30. The highest BCUT2D eigenvalue weighted by Gasteiger charge is 2.45. The topological polar surface area (TPSA) is 113 Å². The first-order valence-corrected chi connectivity index (χ1v) is 20.2. The number of carbonyl (C=O) groups excluding carboxylic acids is 2. The zero-order valence-electron chi connectivity index (χ0n) is 23.4. The summed E-state index contributed by atoms with van der Waals surface area (Å²) in [4.78, 5) is 28.0. The zero-order valence-corrected chi connectivity index (χ0v) is 25.4. The molecule has 0 aromatic carbocycles. The molecule has 0 bridgehead atoms. The molecule has 0 aromatic rings. The molecular formula is C24H48N4O6Si2. The summed E-state index contributed by atoms with van der Waals surface area (Å²) in [6.07, 6.45) is 6.59. The normalized spacial score (nSPS) is 23.2. The fraction of sp³-hybridized carbons (Fsp3) is 0.875. The Morgan fingerprint density at radius 2 is 1.69 bits per heavy atom. The number of urea groups is 1. The van der Waals surface area contributed by atoms with E-state index in [-0.39, 0.29) is 24.8 Å². The number of amides is 3. The van der Waals surface area contributed by atoms with Gasteiger partial charge in [-0.2, -0.15) is 0 Å². The monoisotopic (exact) mass is 544 g/mol. The van der Waals surface area contributed by atoms with Crippen LogP contribution in [0, 0.1) is 5.41 Å². The van der Waals surface area contributed by atoms with Crippen molar-refractivity contribution in [2.24, 2.45) is 0 Å². The molecule has 3 atom stereocenters. The highest BCUT2D eigenvalue weighted by molar-refractivity contribution is 6.70. The number of nitrogens with one attached hydrogen (secondary N) is 2. The van der Waals surface area contributed by atoms with Crippen molar-refractivity contribution >= 4 is 34.7 Å². The van der Waals surface area contributed by atoms with E-state index in [9.17, 15) is 9.59 Å². The molecule has 2 saturated heterocycles. The first-order valence-electron chi connectivity index (χ1n) is 13.4. The number of rotatable bonds is 14. The second-order valence-electron chi connectivity index (χ2n) is 11.6. The molecule has 0 radical (unpaired) electrons. The van der Waals surface area contributed by atoms with E-state index in [1.165, 1.54) is 30.6 Å². The Labute approximate surface area is 219 Å². The fourth-order valence-electron chi connectivity index (χ4n) is 4.15. The van der Waals surface area contributed by atoms with Gasteiger partial charge < -0.3 is 18.3 Å². The maximum absolute atomic E-state index is 12.7. The fourth-order valence-corrected chi connectivity index (χ4v) is 5.97. The van der Waals surface area contributed by atoms with Gasteiger partial charge in [-0.3, -0.25) is 15.6 Å². The van der Waals surface area contributed by atoms with Crippen LogP contribution >= 0.6 is 0 Å². The summed E-state index contributed by atoms with van der Waals surface area (Å²) in [5.74, 6) is -0.285. The summed E-state index contributed by atoms with van der Waals surface area (Å²) in [5, 5.41) is 10.6. The van der Waals surface area contributed by atoms with Crippen LogP contribution in [0.2, 0.25) is 39.3 Å². The Balaban J connectivity index is 1.93. The predicted molar refractivity (Wildman–Crippen MR) is 145 cm³/mol. The molecule has 3 amide bonds. The van der Waals surface area contributed by atoms with Gasteiger partial charge in [0.2, 0.25) is 5.96 Å². The molecule has 2 heterocycles. The smallest absolute Gasteiger partial charge is 0.418 e. The third kappa shape index (κ3) is 10.5. The Bertz CT molecular complexity index is 743. The van der Waals surface area contributed by atoms with Gasteiger partial charge in [0.1, 0.15) is 19.0 Å². The van der Waals surface area contributed by atoms with E-state index in [0.29, 0.717) is 19.6 Å². The first-order chi connectivity index (χ1) is 16.8. The number of unbranched alkanes of at least 4 members (excludes halogenated alkanes) is 6. The summed E-state index contributed by atoms with van der Waals surface area (Å²) in [7, 11) is -3.64. The zero-order chi connectivity index (χ0) is 26.9. The summed E-state index contributed by atoms with van der Waals surface area (Å²) in [6.45, 7) is 15.5. The highest BCUT2D eigenvalue weighted by atomic mass is 28.4. The Hall–Kier alpha value is -1.48. The Morgan fingerprint density at radius 3 is 2.31 bits per heavy atom. The summed E-state index contributed by atoms with van der Waals surface area (Å²) >= 11 is 0. The van der Waals surface area contributed by atoms with Crippen LogP contribution in [0.15, 0.2) is 0 Å². The van der Waals surface area contributed by atoms with Gasteiger partial charge in [0.15, 0.2) is 16.6 Å². The Morgan fingerprint density at radius 1 is 1.06 bits per heavy atom.